The number of methoxy groups -OCH3 is 1. The second-order valence-electron chi connectivity index (χ2n) is 4.71. The SMILES string of the molecule is COc1ccc(NC(=O)Cc2noc(-c3cccnc3)n2)cc1. The summed E-state index contributed by atoms with van der Waals surface area (Å²) >= 11 is 0. The molecule has 0 saturated carbocycles. The molecular formula is C16H14N4O3. The van der Waals surface area contributed by atoms with Crippen molar-refractivity contribution in [3.63, 3.8) is 0 Å². The summed E-state index contributed by atoms with van der Waals surface area (Å²) < 4.78 is 10.2. The van der Waals surface area contributed by atoms with Crippen molar-refractivity contribution in [1.29, 1.82) is 0 Å². The summed E-state index contributed by atoms with van der Waals surface area (Å²) in [5.41, 5.74) is 1.38. The first kappa shape index (κ1) is 14.7. The maximum absolute atomic E-state index is 12.0. The Kier molecular flexibility index (Phi) is 4.28. The molecule has 0 fully saturated rings. The van der Waals surface area contributed by atoms with Crippen LogP contribution in [0.4, 0.5) is 5.69 Å². The minimum atomic E-state index is -0.228. The minimum Gasteiger partial charge on any atom is -0.497 e. The van der Waals surface area contributed by atoms with E-state index in [1.54, 1.807) is 49.8 Å². The summed E-state index contributed by atoms with van der Waals surface area (Å²) in [5, 5.41) is 6.57. The number of rotatable bonds is 5. The third-order valence-corrected chi connectivity index (χ3v) is 3.07. The highest BCUT2D eigenvalue weighted by Gasteiger charge is 2.12. The molecule has 1 amide bonds. The van der Waals surface area contributed by atoms with Crippen LogP contribution in [0.15, 0.2) is 53.3 Å². The van der Waals surface area contributed by atoms with Gasteiger partial charge in [0.15, 0.2) is 5.82 Å². The zero-order valence-corrected chi connectivity index (χ0v) is 12.4. The molecule has 0 aliphatic rings. The molecule has 1 N–H and O–H groups in total. The molecule has 7 heteroatoms. The third kappa shape index (κ3) is 3.70. The van der Waals surface area contributed by atoms with Gasteiger partial charge in [0.25, 0.3) is 5.89 Å². The lowest BCUT2D eigenvalue weighted by atomic mass is 10.3. The van der Waals surface area contributed by atoms with Crippen molar-refractivity contribution in [2.75, 3.05) is 12.4 Å². The zero-order valence-electron chi connectivity index (χ0n) is 12.4. The normalized spacial score (nSPS) is 10.3. The van der Waals surface area contributed by atoms with E-state index in [2.05, 4.69) is 20.4 Å². The van der Waals surface area contributed by atoms with E-state index in [1.165, 1.54) is 0 Å². The Morgan fingerprint density at radius 2 is 2.09 bits per heavy atom. The molecule has 1 aromatic carbocycles. The molecule has 0 spiro atoms. The fourth-order valence-electron chi connectivity index (χ4n) is 1.96. The Bertz CT molecular complexity index is 785. The van der Waals surface area contributed by atoms with Crippen molar-refractivity contribution in [3.8, 4) is 17.2 Å². The molecule has 2 heterocycles. The summed E-state index contributed by atoms with van der Waals surface area (Å²) in [4.78, 5) is 20.2. The van der Waals surface area contributed by atoms with Gasteiger partial charge in [-0.15, -0.1) is 0 Å². The maximum atomic E-state index is 12.0. The number of carbonyl (C=O) groups is 1. The highest BCUT2D eigenvalue weighted by molar-refractivity contribution is 5.91. The van der Waals surface area contributed by atoms with Gasteiger partial charge in [0.2, 0.25) is 5.91 Å². The lowest BCUT2D eigenvalue weighted by molar-refractivity contribution is -0.115. The summed E-state index contributed by atoms with van der Waals surface area (Å²) in [6.07, 6.45) is 3.30. The fraction of sp³-hybridized carbons (Fsp3) is 0.125. The lowest BCUT2D eigenvalue weighted by Crippen LogP contribution is -2.15. The average Bonchev–Trinajstić information content (AvgIpc) is 3.04. The quantitative estimate of drug-likeness (QED) is 0.778. The van der Waals surface area contributed by atoms with E-state index < -0.39 is 0 Å². The summed E-state index contributed by atoms with van der Waals surface area (Å²) in [7, 11) is 1.59. The Morgan fingerprint density at radius 3 is 2.78 bits per heavy atom. The predicted molar refractivity (Wildman–Crippen MR) is 82.9 cm³/mol. The van der Waals surface area contributed by atoms with Crippen molar-refractivity contribution in [1.82, 2.24) is 15.1 Å². The minimum absolute atomic E-state index is 0.0236. The van der Waals surface area contributed by atoms with E-state index in [1.807, 2.05) is 6.07 Å². The van der Waals surface area contributed by atoms with E-state index in [0.717, 1.165) is 5.75 Å². The van der Waals surface area contributed by atoms with Crippen molar-refractivity contribution in [2.24, 2.45) is 0 Å². The maximum Gasteiger partial charge on any atom is 0.259 e. The number of hydrogen-bond donors (Lipinski definition) is 1. The Labute approximate surface area is 132 Å². The number of nitrogens with zero attached hydrogens (tertiary/aromatic N) is 3. The number of aromatic nitrogens is 3. The second-order valence-corrected chi connectivity index (χ2v) is 4.71. The fourth-order valence-corrected chi connectivity index (χ4v) is 1.96. The van der Waals surface area contributed by atoms with Crippen LogP contribution < -0.4 is 10.1 Å². The first-order valence-electron chi connectivity index (χ1n) is 6.91. The number of anilines is 1. The van der Waals surface area contributed by atoms with Crippen LogP contribution >= 0.6 is 0 Å². The second kappa shape index (κ2) is 6.69. The molecule has 3 rings (SSSR count). The highest BCUT2D eigenvalue weighted by atomic mass is 16.5. The standard InChI is InChI=1S/C16H14N4O3/c1-22-13-6-4-12(5-7-13)18-15(21)9-14-19-16(23-20-14)11-3-2-8-17-10-11/h2-8,10H,9H2,1H3,(H,18,21). The van der Waals surface area contributed by atoms with Gasteiger partial charge in [-0.25, -0.2) is 0 Å². The van der Waals surface area contributed by atoms with Crippen LogP contribution in [0.5, 0.6) is 5.75 Å². The molecule has 0 bridgehead atoms. The van der Waals surface area contributed by atoms with E-state index in [0.29, 0.717) is 23.0 Å². The van der Waals surface area contributed by atoms with E-state index in [4.69, 9.17) is 9.26 Å². The van der Waals surface area contributed by atoms with E-state index in [-0.39, 0.29) is 12.3 Å². The average molecular weight is 310 g/mol. The monoisotopic (exact) mass is 310 g/mol. The number of amides is 1. The molecule has 0 atom stereocenters. The molecule has 23 heavy (non-hydrogen) atoms. The van der Waals surface area contributed by atoms with E-state index >= 15 is 0 Å². The predicted octanol–water partition coefficient (Wildman–Crippen LogP) is 2.32. The number of hydrogen-bond acceptors (Lipinski definition) is 6. The lowest BCUT2D eigenvalue weighted by Gasteiger charge is -2.04. The van der Waals surface area contributed by atoms with Gasteiger partial charge in [0.1, 0.15) is 5.75 Å². The van der Waals surface area contributed by atoms with Crippen molar-refractivity contribution < 1.29 is 14.1 Å². The molecule has 2 aromatic heterocycles. The van der Waals surface area contributed by atoms with Crippen LogP contribution in [-0.2, 0) is 11.2 Å². The first-order chi connectivity index (χ1) is 11.2. The smallest absolute Gasteiger partial charge is 0.259 e. The number of benzene rings is 1. The van der Waals surface area contributed by atoms with Gasteiger partial charge >= 0.3 is 0 Å². The molecule has 3 aromatic rings. The number of nitrogens with one attached hydrogen (secondary N) is 1. The van der Waals surface area contributed by atoms with Gasteiger partial charge in [-0.3, -0.25) is 9.78 Å². The van der Waals surface area contributed by atoms with Crippen LogP contribution in [-0.4, -0.2) is 28.1 Å². The molecule has 0 aliphatic carbocycles. The Morgan fingerprint density at radius 1 is 1.26 bits per heavy atom. The van der Waals surface area contributed by atoms with Gasteiger partial charge in [-0.05, 0) is 36.4 Å². The van der Waals surface area contributed by atoms with Crippen LogP contribution in [0, 0.1) is 0 Å². The van der Waals surface area contributed by atoms with Gasteiger partial charge in [0.05, 0.1) is 19.1 Å². The molecule has 0 unspecified atom stereocenters. The Balaban J connectivity index is 1.63. The van der Waals surface area contributed by atoms with Crippen LogP contribution in [0.1, 0.15) is 5.82 Å². The third-order valence-electron chi connectivity index (χ3n) is 3.07. The van der Waals surface area contributed by atoms with Crippen LogP contribution in [0.25, 0.3) is 11.5 Å². The zero-order chi connectivity index (χ0) is 16.1. The number of carbonyl (C=O) groups excluding carboxylic acids is 1. The summed E-state index contributed by atoms with van der Waals surface area (Å²) in [6, 6.07) is 10.6. The van der Waals surface area contributed by atoms with Gasteiger partial charge in [0, 0.05) is 18.1 Å². The van der Waals surface area contributed by atoms with Crippen molar-refractivity contribution >= 4 is 11.6 Å². The molecule has 0 saturated heterocycles. The highest BCUT2D eigenvalue weighted by Crippen LogP contribution is 2.17. The molecular weight excluding hydrogens is 296 g/mol. The number of ether oxygens (including phenoxy) is 1. The number of pyridine rings is 1. The van der Waals surface area contributed by atoms with Gasteiger partial charge in [-0.1, -0.05) is 5.16 Å². The topological polar surface area (TPSA) is 90.1 Å². The Hall–Kier alpha value is -3.22. The van der Waals surface area contributed by atoms with Crippen LogP contribution in [0.2, 0.25) is 0 Å². The van der Waals surface area contributed by atoms with E-state index in [9.17, 15) is 4.79 Å². The molecule has 7 nitrogen and oxygen atoms in total. The largest absolute Gasteiger partial charge is 0.497 e. The van der Waals surface area contributed by atoms with Gasteiger partial charge in [-0.2, -0.15) is 4.98 Å². The van der Waals surface area contributed by atoms with Crippen molar-refractivity contribution in [3.05, 3.63) is 54.6 Å². The summed E-state index contributed by atoms with van der Waals surface area (Å²) in [5.74, 6) is 1.15. The van der Waals surface area contributed by atoms with Crippen molar-refractivity contribution in [2.45, 2.75) is 6.42 Å². The first-order valence-corrected chi connectivity index (χ1v) is 6.91. The molecule has 116 valence electrons. The molecule has 0 radical (unpaired) electrons. The summed E-state index contributed by atoms with van der Waals surface area (Å²) in [6.45, 7) is 0. The molecule has 0 aliphatic heterocycles. The van der Waals surface area contributed by atoms with Crippen LogP contribution in [0.3, 0.4) is 0 Å². The van der Waals surface area contributed by atoms with Gasteiger partial charge < -0.3 is 14.6 Å².